The summed E-state index contributed by atoms with van der Waals surface area (Å²) in [5.74, 6) is -0.455. The van der Waals surface area contributed by atoms with Crippen molar-refractivity contribution < 1.29 is 23.9 Å². The van der Waals surface area contributed by atoms with Gasteiger partial charge >= 0.3 is 0 Å². The molecule has 0 aliphatic rings. The summed E-state index contributed by atoms with van der Waals surface area (Å²) < 4.78 is 10.3. The number of hydrogen-bond donors (Lipinski definition) is 3. The summed E-state index contributed by atoms with van der Waals surface area (Å²) >= 11 is 0. The van der Waals surface area contributed by atoms with Crippen LogP contribution < -0.4 is 20.7 Å². The summed E-state index contributed by atoms with van der Waals surface area (Å²) in [7, 11) is 1.55. The van der Waals surface area contributed by atoms with Crippen LogP contribution in [0.2, 0.25) is 0 Å². The molecule has 0 saturated carbocycles. The molecule has 0 heterocycles. The number of carbonyl (C=O) groups excluding carboxylic acids is 3. The largest absolute Gasteiger partial charge is 0.497 e. The van der Waals surface area contributed by atoms with E-state index in [1.807, 2.05) is 6.92 Å². The Morgan fingerprint density at radius 2 is 1.81 bits per heavy atom. The van der Waals surface area contributed by atoms with Crippen LogP contribution in [0.3, 0.4) is 0 Å². The van der Waals surface area contributed by atoms with Crippen LogP contribution in [0, 0.1) is 0 Å². The van der Waals surface area contributed by atoms with E-state index in [9.17, 15) is 14.4 Å². The van der Waals surface area contributed by atoms with Crippen molar-refractivity contribution in [3.05, 3.63) is 29.8 Å². The number of nitrogens with one attached hydrogen (secondary N) is 3. The van der Waals surface area contributed by atoms with E-state index in [1.165, 1.54) is 6.92 Å². The van der Waals surface area contributed by atoms with Gasteiger partial charge in [0.2, 0.25) is 17.7 Å². The molecule has 1 aromatic carbocycles. The first-order valence-corrected chi connectivity index (χ1v) is 8.51. The minimum absolute atomic E-state index is 0.195. The molecule has 0 radical (unpaired) electrons. The summed E-state index contributed by atoms with van der Waals surface area (Å²) in [5, 5.41) is 7.83. The second-order valence-corrected chi connectivity index (χ2v) is 5.52. The molecule has 0 saturated heterocycles. The second-order valence-electron chi connectivity index (χ2n) is 5.52. The lowest BCUT2D eigenvalue weighted by molar-refractivity contribution is -0.129. The molecule has 144 valence electrons. The summed E-state index contributed by atoms with van der Waals surface area (Å²) in [6, 6.07) is 5.98. The van der Waals surface area contributed by atoms with Gasteiger partial charge in [0, 0.05) is 26.7 Å². The van der Waals surface area contributed by atoms with Gasteiger partial charge in [0.1, 0.15) is 11.8 Å². The molecular formula is C18H27N3O5. The molecule has 1 aromatic rings. The highest BCUT2D eigenvalue weighted by molar-refractivity contribution is 5.90. The van der Waals surface area contributed by atoms with Crippen molar-refractivity contribution in [2.45, 2.75) is 26.3 Å². The maximum Gasteiger partial charge on any atom is 0.247 e. The van der Waals surface area contributed by atoms with Gasteiger partial charge in [-0.2, -0.15) is 0 Å². The number of amides is 3. The van der Waals surface area contributed by atoms with E-state index in [0.29, 0.717) is 37.5 Å². The maximum atomic E-state index is 12.5. The highest BCUT2D eigenvalue weighted by Crippen LogP contribution is 2.18. The molecule has 0 aliphatic carbocycles. The van der Waals surface area contributed by atoms with Crippen LogP contribution in [0.5, 0.6) is 5.75 Å². The summed E-state index contributed by atoms with van der Waals surface area (Å²) in [4.78, 5) is 35.5. The summed E-state index contributed by atoms with van der Waals surface area (Å²) in [5.41, 5.74) is 0.615. The van der Waals surface area contributed by atoms with Crippen molar-refractivity contribution in [3.8, 4) is 5.75 Å². The van der Waals surface area contributed by atoms with Crippen molar-refractivity contribution in [1.29, 1.82) is 0 Å². The number of benzene rings is 1. The van der Waals surface area contributed by atoms with Crippen molar-refractivity contribution in [3.63, 3.8) is 0 Å². The molecule has 1 rings (SSSR count). The summed E-state index contributed by atoms with van der Waals surface area (Å²) in [6.45, 7) is 4.65. The van der Waals surface area contributed by atoms with Gasteiger partial charge in [-0.1, -0.05) is 12.1 Å². The number of hydrogen-bond acceptors (Lipinski definition) is 5. The number of carbonyl (C=O) groups is 3. The minimum atomic E-state index is -0.866. The number of rotatable bonds is 11. The molecule has 0 spiro atoms. The van der Waals surface area contributed by atoms with E-state index in [-0.39, 0.29) is 18.4 Å². The molecule has 26 heavy (non-hydrogen) atoms. The van der Waals surface area contributed by atoms with Gasteiger partial charge in [0.15, 0.2) is 0 Å². The molecular weight excluding hydrogens is 338 g/mol. The Kier molecular flexibility index (Phi) is 9.78. The standard InChI is InChI=1S/C18H27N3O5/c1-4-26-11-5-10-19-18(24)17(21-16(23)12-20-13(2)22)14-6-8-15(25-3)9-7-14/h6-9,17H,4-5,10-12H2,1-3H3,(H,19,24)(H,20,22)(H,21,23)/t17-/m1/s1. The topological polar surface area (TPSA) is 106 Å². The Hall–Kier alpha value is -2.61. The van der Waals surface area contributed by atoms with Gasteiger partial charge in [0.05, 0.1) is 13.7 Å². The Labute approximate surface area is 153 Å². The second kappa shape index (κ2) is 11.9. The SMILES string of the molecule is CCOCCCNC(=O)[C@H](NC(=O)CNC(C)=O)c1ccc(OC)cc1. The zero-order valence-corrected chi connectivity index (χ0v) is 15.5. The predicted octanol–water partition coefficient (Wildman–Crippen LogP) is 0.531. The van der Waals surface area contributed by atoms with Gasteiger partial charge < -0.3 is 25.4 Å². The zero-order valence-electron chi connectivity index (χ0n) is 15.5. The molecule has 0 aliphatic heterocycles. The molecule has 0 aromatic heterocycles. The fraction of sp³-hybridized carbons (Fsp3) is 0.500. The van der Waals surface area contributed by atoms with Crippen molar-refractivity contribution >= 4 is 17.7 Å². The van der Waals surface area contributed by atoms with Crippen LogP contribution >= 0.6 is 0 Å². The minimum Gasteiger partial charge on any atom is -0.497 e. The van der Waals surface area contributed by atoms with Crippen molar-refractivity contribution in [1.82, 2.24) is 16.0 Å². The van der Waals surface area contributed by atoms with Crippen LogP contribution in [0.4, 0.5) is 0 Å². The van der Waals surface area contributed by atoms with Crippen LogP contribution in [0.15, 0.2) is 24.3 Å². The normalized spacial score (nSPS) is 11.3. The first kappa shape index (κ1) is 21.4. The first-order valence-electron chi connectivity index (χ1n) is 8.51. The molecule has 3 N–H and O–H groups in total. The lowest BCUT2D eigenvalue weighted by atomic mass is 10.1. The van der Waals surface area contributed by atoms with Gasteiger partial charge in [-0.25, -0.2) is 0 Å². The van der Waals surface area contributed by atoms with E-state index in [2.05, 4.69) is 16.0 Å². The van der Waals surface area contributed by atoms with Crippen molar-refractivity contribution in [2.75, 3.05) is 33.4 Å². The quantitative estimate of drug-likeness (QED) is 0.496. The average molecular weight is 365 g/mol. The van der Waals surface area contributed by atoms with Gasteiger partial charge in [-0.15, -0.1) is 0 Å². The number of methoxy groups -OCH3 is 1. The molecule has 8 heteroatoms. The number of ether oxygens (including phenoxy) is 2. The third-order valence-electron chi connectivity index (χ3n) is 3.48. The van der Waals surface area contributed by atoms with E-state index in [0.717, 1.165) is 0 Å². The van der Waals surface area contributed by atoms with Gasteiger partial charge in [0.25, 0.3) is 0 Å². The Bertz CT molecular complexity index is 589. The van der Waals surface area contributed by atoms with E-state index >= 15 is 0 Å². The lowest BCUT2D eigenvalue weighted by Gasteiger charge is -2.19. The van der Waals surface area contributed by atoms with E-state index < -0.39 is 11.9 Å². The molecule has 8 nitrogen and oxygen atoms in total. The highest BCUT2D eigenvalue weighted by Gasteiger charge is 2.22. The van der Waals surface area contributed by atoms with Crippen LogP contribution in [-0.4, -0.2) is 51.1 Å². The van der Waals surface area contributed by atoms with Gasteiger partial charge in [-0.05, 0) is 31.0 Å². The third-order valence-corrected chi connectivity index (χ3v) is 3.48. The Morgan fingerprint density at radius 3 is 2.38 bits per heavy atom. The van der Waals surface area contributed by atoms with E-state index in [4.69, 9.17) is 9.47 Å². The lowest BCUT2D eigenvalue weighted by Crippen LogP contribution is -2.44. The van der Waals surface area contributed by atoms with Crippen LogP contribution in [0.1, 0.15) is 31.9 Å². The van der Waals surface area contributed by atoms with Crippen molar-refractivity contribution in [2.24, 2.45) is 0 Å². The average Bonchev–Trinajstić information content (AvgIpc) is 2.64. The smallest absolute Gasteiger partial charge is 0.247 e. The van der Waals surface area contributed by atoms with E-state index in [1.54, 1.807) is 31.4 Å². The molecule has 0 fully saturated rings. The highest BCUT2D eigenvalue weighted by atomic mass is 16.5. The maximum absolute atomic E-state index is 12.5. The molecule has 3 amide bonds. The molecule has 1 atom stereocenters. The molecule has 0 bridgehead atoms. The van der Waals surface area contributed by atoms with Crippen LogP contribution in [0.25, 0.3) is 0 Å². The Balaban J connectivity index is 2.74. The monoisotopic (exact) mass is 365 g/mol. The fourth-order valence-electron chi connectivity index (χ4n) is 2.15. The summed E-state index contributed by atoms with van der Waals surface area (Å²) in [6.07, 6.45) is 0.675. The van der Waals surface area contributed by atoms with Gasteiger partial charge in [-0.3, -0.25) is 14.4 Å². The zero-order chi connectivity index (χ0) is 19.4. The predicted molar refractivity (Wildman–Crippen MR) is 96.7 cm³/mol. The van der Waals surface area contributed by atoms with Crippen LogP contribution in [-0.2, 0) is 19.1 Å². The Morgan fingerprint density at radius 1 is 1.12 bits per heavy atom. The first-order chi connectivity index (χ1) is 12.5. The third kappa shape index (κ3) is 7.98. The fourth-order valence-corrected chi connectivity index (χ4v) is 2.15. The molecule has 0 unspecified atom stereocenters.